The van der Waals surface area contributed by atoms with Crippen LogP contribution < -0.4 is 5.69 Å². The Kier molecular flexibility index (Phi) is 2.67. The number of nitrogens with zero attached hydrogens (tertiary/aromatic N) is 1. The molecule has 4 nitrogen and oxygen atoms in total. The SMILES string of the molecule is Cc1c[nH]c(=O)n1-c1ccccc1C(C)(C)O. The molecule has 90 valence electrons. The molecule has 2 aromatic rings. The van der Waals surface area contributed by atoms with Crippen molar-refractivity contribution in [2.75, 3.05) is 0 Å². The van der Waals surface area contributed by atoms with Crippen LogP contribution in [-0.4, -0.2) is 14.7 Å². The number of rotatable bonds is 2. The van der Waals surface area contributed by atoms with E-state index in [4.69, 9.17) is 0 Å². The second-order valence-electron chi connectivity index (χ2n) is 4.65. The van der Waals surface area contributed by atoms with Gasteiger partial charge >= 0.3 is 5.69 Å². The van der Waals surface area contributed by atoms with Gasteiger partial charge in [0, 0.05) is 17.5 Å². The summed E-state index contributed by atoms with van der Waals surface area (Å²) in [6, 6.07) is 7.36. The van der Waals surface area contributed by atoms with Crippen LogP contribution in [0, 0.1) is 6.92 Å². The molecule has 0 atom stereocenters. The van der Waals surface area contributed by atoms with Gasteiger partial charge in [-0.3, -0.25) is 4.57 Å². The normalized spacial score (nSPS) is 11.8. The highest BCUT2D eigenvalue weighted by molar-refractivity contribution is 5.45. The minimum Gasteiger partial charge on any atom is -0.386 e. The Morgan fingerprint density at radius 3 is 2.47 bits per heavy atom. The lowest BCUT2D eigenvalue weighted by atomic mass is 9.96. The standard InChI is InChI=1S/C13H16N2O2/c1-9-8-14-12(16)15(9)11-7-5-4-6-10(11)13(2,3)17/h4-8,17H,1-3H3,(H,14,16). The predicted molar refractivity (Wildman–Crippen MR) is 66.4 cm³/mol. The number of aromatic amines is 1. The van der Waals surface area contributed by atoms with Gasteiger partial charge in [0.25, 0.3) is 0 Å². The summed E-state index contributed by atoms with van der Waals surface area (Å²) in [5.41, 5.74) is 1.07. The lowest BCUT2D eigenvalue weighted by molar-refractivity contribution is 0.0785. The van der Waals surface area contributed by atoms with Crippen molar-refractivity contribution in [2.45, 2.75) is 26.4 Å². The number of aromatic nitrogens is 2. The van der Waals surface area contributed by atoms with Crippen molar-refractivity contribution in [3.63, 3.8) is 0 Å². The molecule has 0 spiro atoms. The largest absolute Gasteiger partial charge is 0.386 e. The number of hydrogen-bond donors (Lipinski definition) is 2. The predicted octanol–water partition coefficient (Wildman–Crippen LogP) is 1.70. The van der Waals surface area contributed by atoms with Gasteiger partial charge in [0.1, 0.15) is 0 Å². The molecule has 0 aliphatic carbocycles. The van der Waals surface area contributed by atoms with Crippen molar-refractivity contribution >= 4 is 0 Å². The van der Waals surface area contributed by atoms with Crippen LogP contribution in [0.4, 0.5) is 0 Å². The molecule has 0 radical (unpaired) electrons. The molecule has 0 unspecified atom stereocenters. The van der Waals surface area contributed by atoms with Gasteiger partial charge in [-0.25, -0.2) is 4.79 Å². The third-order valence-corrected chi connectivity index (χ3v) is 2.76. The van der Waals surface area contributed by atoms with E-state index in [1.54, 1.807) is 24.6 Å². The first-order valence-corrected chi connectivity index (χ1v) is 5.50. The average molecular weight is 232 g/mol. The van der Waals surface area contributed by atoms with Gasteiger partial charge in [0.2, 0.25) is 0 Å². The zero-order chi connectivity index (χ0) is 12.6. The molecule has 17 heavy (non-hydrogen) atoms. The summed E-state index contributed by atoms with van der Waals surface area (Å²) in [6.07, 6.45) is 1.66. The number of imidazole rings is 1. The lowest BCUT2D eigenvalue weighted by Gasteiger charge is -2.22. The lowest BCUT2D eigenvalue weighted by Crippen LogP contribution is -2.23. The smallest absolute Gasteiger partial charge is 0.330 e. The fourth-order valence-electron chi connectivity index (χ4n) is 1.94. The van der Waals surface area contributed by atoms with Gasteiger partial charge in [-0.2, -0.15) is 0 Å². The molecule has 1 aromatic heterocycles. The zero-order valence-electron chi connectivity index (χ0n) is 10.2. The average Bonchev–Trinajstić information content (AvgIpc) is 2.57. The first kappa shape index (κ1) is 11.7. The van der Waals surface area contributed by atoms with Crippen LogP contribution in [0.2, 0.25) is 0 Å². The van der Waals surface area contributed by atoms with Crippen LogP contribution in [-0.2, 0) is 5.60 Å². The minimum atomic E-state index is -0.986. The van der Waals surface area contributed by atoms with E-state index < -0.39 is 5.60 Å². The summed E-state index contributed by atoms with van der Waals surface area (Å²) in [4.78, 5) is 14.4. The highest BCUT2D eigenvalue weighted by Gasteiger charge is 2.21. The molecule has 0 bridgehead atoms. The van der Waals surface area contributed by atoms with Crippen molar-refractivity contribution < 1.29 is 5.11 Å². The van der Waals surface area contributed by atoms with Gasteiger partial charge in [-0.1, -0.05) is 18.2 Å². The summed E-state index contributed by atoms with van der Waals surface area (Å²) in [5, 5.41) is 10.1. The van der Waals surface area contributed by atoms with Gasteiger partial charge in [0.05, 0.1) is 11.3 Å². The highest BCUT2D eigenvalue weighted by Crippen LogP contribution is 2.26. The van der Waals surface area contributed by atoms with E-state index in [0.717, 1.165) is 11.3 Å². The molecule has 0 fully saturated rings. The minimum absolute atomic E-state index is 0.195. The number of aliphatic hydroxyl groups is 1. The van der Waals surface area contributed by atoms with Gasteiger partial charge < -0.3 is 10.1 Å². The van der Waals surface area contributed by atoms with E-state index in [1.807, 2.05) is 31.2 Å². The van der Waals surface area contributed by atoms with E-state index in [0.29, 0.717) is 5.69 Å². The Labute approximate surface area is 99.5 Å². The first-order valence-electron chi connectivity index (χ1n) is 5.50. The third kappa shape index (κ3) is 2.03. The molecule has 2 rings (SSSR count). The molecule has 0 aliphatic heterocycles. The van der Waals surface area contributed by atoms with E-state index in [2.05, 4.69) is 4.98 Å². The van der Waals surface area contributed by atoms with Crippen molar-refractivity contribution in [1.82, 2.24) is 9.55 Å². The van der Waals surface area contributed by atoms with E-state index in [1.165, 1.54) is 0 Å². The summed E-state index contributed by atoms with van der Waals surface area (Å²) >= 11 is 0. The molecule has 1 heterocycles. The van der Waals surface area contributed by atoms with Gasteiger partial charge in [-0.15, -0.1) is 0 Å². The second kappa shape index (κ2) is 3.89. The second-order valence-corrected chi connectivity index (χ2v) is 4.65. The fourth-order valence-corrected chi connectivity index (χ4v) is 1.94. The number of para-hydroxylation sites is 1. The topological polar surface area (TPSA) is 58.0 Å². The molecule has 0 amide bonds. The van der Waals surface area contributed by atoms with Crippen LogP contribution in [0.15, 0.2) is 35.3 Å². The Bertz CT molecular complexity index is 588. The molecular formula is C13H16N2O2. The van der Waals surface area contributed by atoms with Crippen LogP contribution in [0.5, 0.6) is 0 Å². The third-order valence-electron chi connectivity index (χ3n) is 2.76. The van der Waals surface area contributed by atoms with E-state index in [-0.39, 0.29) is 5.69 Å². The molecular weight excluding hydrogens is 216 g/mol. The van der Waals surface area contributed by atoms with Crippen LogP contribution >= 0.6 is 0 Å². The van der Waals surface area contributed by atoms with Crippen molar-refractivity contribution in [1.29, 1.82) is 0 Å². The molecule has 1 aromatic carbocycles. The molecule has 4 heteroatoms. The maximum absolute atomic E-state index is 11.7. The summed E-state index contributed by atoms with van der Waals surface area (Å²) in [7, 11) is 0. The summed E-state index contributed by atoms with van der Waals surface area (Å²) < 4.78 is 1.56. The van der Waals surface area contributed by atoms with Gasteiger partial charge in [0.15, 0.2) is 0 Å². The number of nitrogens with one attached hydrogen (secondary N) is 1. The Hall–Kier alpha value is -1.81. The Morgan fingerprint density at radius 1 is 1.29 bits per heavy atom. The first-order chi connectivity index (χ1) is 7.91. The fraction of sp³-hybridized carbons (Fsp3) is 0.308. The molecule has 2 N–H and O–H groups in total. The maximum Gasteiger partial charge on any atom is 0.330 e. The Morgan fingerprint density at radius 2 is 1.94 bits per heavy atom. The van der Waals surface area contributed by atoms with Crippen LogP contribution in [0.3, 0.4) is 0 Å². The van der Waals surface area contributed by atoms with Gasteiger partial charge in [-0.05, 0) is 26.8 Å². The summed E-state index contributed by atoms with van der Waals surface area (Å²) in [5.74, 6) is 0. The Balaban J connectivity index is 2.73. The van der Waals surface area contributed by atoms with E-state index >= 15 is 0 Å². The summed E-state index contributed by atoms with van der Waals surface area (Å²) in [6.45, 7) is 5.26. The van der Waals surface area contributed by atoms with E-state index in [9.17, 15) is 9.90 Å². The number of benzene rings is 1. The van der Waals surface area contributed by atoms with Crippen LogP contribution in [0.1, 0.15) is 25.1 Å². The number of H-pyrrole nitrogens is 1. The number of aryl methyl sites for hydroxylation is 1. The highest BCUT2D eigenvalue weighted by atomic mass is 16.3. The monoisotopic (exact) mass is 232 g/mol. The van der Waals surface area contributed by atoms with Crippen molar-refractivity contribution in [2.24, 2.45) is 0 Å². The van der Waals surface area contributed by atoms with Crippen molar-refractivity contribution in [3.05, 3.63) is 52.2 Å². The molecule has 0 saturated heterocycles. The molecule has 0 saturated carbocycles. The van der Waals surface area contributed by atoms with Crippen molar-refractivity contribution in [3.8, 4) is 5.69 Å². The molecule has 0 aliphatic rings. The van der Waals surface area contributed by atoms with Crippen LogP contribution in [0.25, 0.3) is 5.69 Å². The zero-order valence-corrected chi connectivity index (χ0v) is 10.2. The maximum atomic E-state index is 11.7. The quantitative estimate of drug-likeness (QED) is 0.828. The number of hydrogen-bond acceptors (Lipinski definition) is 2.